The monoisotopic (exact) mass is 245 g/mol. The Morgan fingerprint density at radius 2 is 1.89 bits per heavy atom. The molecule has 94 valence electrons. The first-order chi connectivity index (χ1) is 8.49. The minimum atomic E-state index is -0.215. The summed E-state index contributed by atoms with van der Waals surface area (Å²) in [6.45, 7) is 1.80. The third-order valence-electron chi connectivity index (χ3n) is 2.50. The number of anilines is 1. The quantitative estimate of drug-likeness (QED) is 0.796. The lowest BCUT2D eigenvalue weighted by Gasteiger charge is -2.05. The minimum Gasteiger partial charge on any atom is -0.399 e. The van der Waals surface area contributed by atoms with Crippen molar-refractivity contribution in [1.82, 2.24) is 19.7 Å². The van der Waals surface area contributed by atoms with Crippen molar-refractivity contribution in [3.8, 4) is 5.69 Å². The van der Waals surface area contributed by atoms with Gasteiger partial charge in [0.2, 0.25) is 5.82 Å². The molecule has 1 aromatic heterocycles. The number of hydrogen-bond acceptors (Lipinski definition) is 4. The van der Waals surface area contributed by atoms with Crippen LogP contribution in [0.1, 0.15) is 16.4 Å². The Bertz CT molecular complexity index is 571. The van der Waals surface area contributed by atoms with E-state index in [0.29, 0.717) is 11.5 Å². The van der Waals surface area contributed by atoms with Crippen molar-refractivity contribution in [2.24, 2.45) is 0 Å². The van der Waals surface area contributed by atoms with Gasteiger partial charge in [-0.05, 0) is 31.2 Å². The van der Waals surface area contributed by atoms with Crippen LogP contribution in [0.4, 0.5) is 5.69 Å². The van der Waals surface area contributed by atoms with E-state index in [1.807, 2.05) is 12.1 Å². The normalized spacial score (nSPS) is 10.4. The molecular weight excluding hydrogens is 230 g/mol. The molecule has 0 aliphatic carbocycles. The highest BCUT2D eigenvalue weighted by molar-refractivity contribution is 5.90. The number of hydrogen-bond donors (Lipinski definition) is 1. The van der Waals surface area contributed by atoms with Gasteiger partial charge in [0.15, 0.2) is 0 Å². The van der Waals surface area contributed by atoms with Crippen LogP contribution in [0.3, 0.4) is 0 Å². The Morgan fingerprint density at radius 1 is 1.28 bits per heavy atom. The highest BCUT2D eigenvalue weighted by Gasteiger charge is 2.16. The Morgan fingerprint density at radius 3 is 2.44 bits per heavy atom. The van der Waals surface area contributed by atoms with Crippen molar-refractivity contribution in [2.45, 2.75) is 6.92 Å². The van der Waals surface area contributed by atoms with Gasteiger partial charge >= 0.3 is 0 Å². The predicted octanol–water partition coefficient (Wildman–Crippen LogP) is 0.860. The number of carbonyl (C=O) groups is 1. The fraction of sp³-hybridized carbons (Fsp3) is 0.250. The average Bonchev–Trinajstić information content (AvgIpc) is 2.71. The molecule has 6 nitrogen and oxygen atoms in total. The van der Waals surface area contributed by atoms with E-state index < -0.39 is 0 Å². The standard InChI is InChI=1S/C12H15N5O/c1-8-14-11(12(18)16(2)3)15-17(8)10-6-4-9(13)5-7-10/h4-7H,13H2,1-3H3. The van der Waals surface area contributed by atoms with E-state index in [2.05, 4.69) is 10.1 Å². The van der Waals surface area contributed by atoms with Gasteiger partial charge < -0.3 is 10.6 Å². The molecule has 6 heteroatoms. The number of rotatable bonds is 2. The fourth-order valence-corrected chi connectivity index (χ4v) is 1.54. The fourth-order valence-electron chi connectivity index (χ4n) is 1.54. The van der Waals surface area contributed by atoms with Crippen LogP contribution in [0.2, 0.25) is 0 Å². The van der Waals surface area contributed by atoms with Gasteiger partial charge in [-0.25, -0.2) is 9.67 Å². The Labute approximate surface area is 105 Å². The summed E-state index contributed by atoms with van der Waals surface area (Å²) >= 11 is 0. The third kappa shape index (κ3) is 2.17. The van der Waals surface area contributed by atoms with E-state index in [1.54, 1.807) is 37.8 Å². The largest absolute Gasteiger partial charge is 0.399 e. The van der Waals surface area contributed by atoms with Gasteiger partial charge in [-0.3, -0.25) is 4.79 Å². The first kappa shape index (κ1) is 12.1. The molecule has 18 heavy (non-hydrogen) atoms. The van der Waals surface area contributed by atoms with Gasteiger partial charge in [-0.1, -0.05) is 0 Å². The second-order valence-corrected chi connectivity index (χ2v) is 4.19. The lowest BCUT2D eigenvalue weighted by molar-refractivity contribution is 0.0816. The van der Waals surface area contributed by atoms with E-state index in [1.165, 1.54) is 4.90 Å². The van der Waals surface area contributed by atoms with Crippen LogP contribution in [-0.2, 0) is 0 Å². The van der Waals surface area contributed by atoms with Gasteiger partial charge in [-0.2, -0.15) is 0 Å². The van der Waals surface area contributed by atoms with Crippen LogP contribution < -0.4 is 5.73 Å². The Hall–Kier alpha value is -2.37. The number of carbonyl (C=O) groups excluding carboxylic acids is 1. The number of nitrogen functional groups attached to an aromatic ring is 1. The molecule has 1 amide bonds. The SMILES string of the molecule is Cc1nc(C(=O)N(C)C)nn1-c1ccc(N)cc1. The highest BCUT2D eigenvalue weighted by Crippen LogP contribution is 2.12. The minimum absolute atomic E-state index is 0.189. The topological polar surface area (TPSA) is 77.0 Å². The number of amides is 1. The molecule has 0 radical (unpaired) electrons. The van der Waals surface area contributed by atoms with E-state index in [0.717, 1.165) is 5.69 Å². The molecular formula is C12H15N5O. The lowest BCUT2D eigenvalue weighted by atomic mass is 10.3. The molecule has 1 heterocycles. The van der Waals surface area contributed by atoms with Crippen LogP contribution in [-0.4, -0.2) is 39.7 Å². The molecule has 2 rings (SSSR count). The van der Waals surface area contributed by atoms with Crippen molar-refractivity contribution in [2.75, 3.05) is 19.8 Å². The van der Waals surface area contributed by atoms with Gasteiger partial charge in [0.1, 0.15) is 5.82 Å². The van der Waals surface area contributed by atoms with Gasteiger partial charge in [0.25, 0.3) is 5.91 Å². The molecule has 0 saturated heterocycles. The molecule has 2 aromatic rings. The molecule has 0 aliphatic rings. The number of aryl methyl sites for hydroxylation is 1. The Kier molecular flexibility index (Phi) is 3.01. The summed E-state index contributed by atoms with van der Waals surface area (Å²) < 4.78 is 1.62. The first-order valence-corrected chi connectivity index (χ1v) is 5.50. The van der Waals surface area contributed by atoms with Gasteiger partial charge in [0.05, 0.1) is 5.69 Å². The summed E-state index contributed by atoms with van der Waals surface area (Å²) in [6.07, 6.45) is 0. The van der Waals surface area contributed by atoms with Crippen molar-refractivity contribution in [1.29, 1.82) is 0 Å². The molecule has 1 aromatic carbocycles. The summed E-state index contributed by atoms with van der Waals surface area (Å²) in [4.78, 5) is 17.4. The van der Waals surface area contributed by atoms with Gasteiger partial charge in [0, 0.05) is 19.8 Å². The van der Waals surface area contributed by atoms with Gasteiger partial charge in [-0.15, -0.1) is 5.10 Å². The second kappa shape index (κ2) is 4.48. The number of aromatic nitrogens is 3. The van der Waals surface area contributed by atoms with E-state index >= 15 is 0 Å². The summed E-state index contributed by atoms with van der Waals surface area (Å²) in [5.74, 6) is 0.631. The van der Waals surface area contributed by atoms with Crippen LogP contribution in [0.5, 0.6) is 0 Å². The van der Waals surface area contributed by atoms with Crippen LogP contribution in [0, 0.1) is 6.92 Å². The summed E-state index contributed by atoms with van der Waals surface area (Å²) in [7, 11) is 3.34. The first-order valence-electron chi connectivity index (χ1n) is 5.50. The smallest absolute Gasteiger partial charge is 0.293 e. The molecule has 0 unspecified atom stereocenters. The zero-order valence-corrected chi connectivity index (χ0v) is 10.6. The summed E-state index contributed by atoms with van der Waals surface area (Å²) in [5, 5.41) is 4.20. The lowest BCUT2D eigenvalue weighted by Crippen LogP contribution is -2.23. The average molecular weight is 245 g/mol. The summed E-state index contributed by atoms with van der Waals surface area (Å²) in [6, 6.07) is 7.23. The van der Waals surface area contributed by atoms with Crippen LogP contribution >= 0.6 is 0 Å². The molecule has 0 aliphatic heterocycles. The molecule has 0 atom stereocenters. The number of benzene rings is 1. The zero-order chi connectivity index (χ0) is 13.3. The van der Waals surface area contributed by atoms with E-state index in [-0.39, 0.29) is 11.7 Å². The molecule has 0 bridgehead atoms. The molecule has 0 saturated carbocycles. The van der Waals surface area contributed by atoms with E-state index in [4.69, 9.17) is 5.73 Å². The Balaban J connectivity index is 2.41. The molecule has 0 spiro atoms. The third-order valence-corrected chi connectivity index (χ3v) is 2.50. The predicted molar refractivity (Wildman–Crippen MR) is 68.5 cm³/mol. The molecule has 0 fully saturated rings. The number of nitrogens with zero attached hydrogens (tertiary/aromatic N) is 4. The maximum absolute atomic E-state index is 11.8. The molecule has 2 N–H and O–H groups in total. The van der Waals surface area contributed by atoms with Crippen molar-refractivity contribution in [3.05, 3.63) is 35.9 Å². The number of nitrogens with two attached hydrogens (primary N) is 1. The van der Waals surface area contributed by atoms with Crippen molar-refractivity contribution in [3.63, 3.8) is 0 Å². The van der Waals surface area contributed by atoms with Crippen molar-refractivity contribution < 1.29 is 4.79 Å². The second-order valence-electron chi connectivity index (χ2n) is 4.19. The maximum Gasteiger partial charge on any atom is 0.293 e. The highest BCUT2D eigenvalue weighted by atomic mass is 16.2. The van der Waals surface area contributed by atoms with E-state index in [9.17, 15) is 4.79 Å². The zero-order valence-electron chi connectivity index (χ0n) is 10.6. The van der Waals surface area contributed by atoms with Crippen LogP contribution in [0.15, 0.2) is 24.3 Å². The summed E-state index contributed by atoms with van der Waals surface area (Å²) in [5.41, 5.74) is 7.14. The van der Waals surface area contributed by atoms with Crippen LogP contribution in [0.25, 0.3) is 5.69 Å². The van der Waals surface area contributed by atoms with Crippen molar-refractivity contribution >= 4 is 11.6 Å². The maximum atomic E-state index is 11.8.